The third-order valence-corrected chi connectivity index (χ3v) is 4.49. The lowest BCUT2D eigenvalue weighted by Gasteiger charge is -2.24. The van der Waals surface area contributed by atoms with Crippen LogP contribution in [0.3, 0.4) is 0 Å². The van der Waals surface area contributed by atoms with Crippen molar-refractivity contribution in [3.8, 4) is 0 Å². The minimum atomic E-state index is 1.01. The van der Waals surface area contributed by atoms with Crippen molar-refractivity contribution in [2.24, 2.45) is 5.10 Å². The second-order valence-electron chi connectivity index (χ2n) is 6.44. The highest BCUT2D eigenvalue weighted by Crippen LogP contribution is 2.26. The Morgan fingerprint density at radius 3 is 1.85 bits per heavy atom. The van der Waals surface area contributed by atoms with Crippen LogP contribution in [-0.4, -0.2) is 47.6 Å². The van der Waals surface area contributed by atoms with Gasteiger partial charge in [-0.05, 0) is 50.2 Å². The van der Waals surface area contributed by atoms with Crippen LogP contribution >= 0.6 is 0 Å². The predicted molar refractivity (Wildman–Crippen MR) is 116 cm³/mol. The molecule has 0 aliphatic heterocycles. The molecule has 0 saturated carbocycles. The highest BCUT2D eigenvalue weighted by Gasteiger charge is 2.07. The average molecular weight is 354 g/mol. The summed E-state index contributed by atoms with van der Waals surface area (Å²) in [5.41, 5.74) is 4.58. The zero-order valence-electron chi connectivity index (χ0n) is 16.8. The minimum absolute atomic E-state index is 1.01. The number of hydrogen-bond donors (Lipinski definition) is 0. The maximum Gasteiger partial charge on any atom is 0.116 e. The van der Waals surface area contributed by atoms with Crippen LogP contribution in [0.4, 0.5) is 22.7 Å². The summed E-state index contributed by atoms with van der Waals surface area (Å²) >= 11 is 0. The number of nitrogens with zero attached hydrogens (tertiary/aromatic N) is 5. The van der Waals surface area contributed by atoms with Gasteiger partial charge in [0.1, 0.15) is 6.34 Å². The van der Waals surface area contributed by atoms with E-state index < -0.39 is 0 Å². The van der Waals surface area contributed by atoms with E-state index >= 15 is 0 Å². The first kappa shape index (κ1) is 19.6. The number of benzene rings is 2. The van der Waals surface area contributed by atoms with Gasteiger partial charge < -0.3 is 14.7 Å². The highest BCUT2D eigenvalue weighted by molar-refractivity contribution is 5.86. The van der Waals surface area contributed by atoms with Gasteiger partial charge in [-0.15, -0.1) is 0 Å². The molecule has 2 rings (SSSR count). The Bertz CT molecular complexity index is 705. The summed E-state index contributed by atoms with van der Waals surface area (Å²) in [6.07, 6.45) is 1.85. The summed E-state index contributed by atoms with van der Waals surface area (Å²) in [7, 11) is 8.08. The lowest BCUT2D eigenvalue weighted by Crippen LogP contribution is -2.22. The molecule has 26 heavy (non-hydrogen) atoms. The van der Waals surface area contributed by atoms with Crippen molar-refractivity contribution >= 4 is 29.1 Å². The van der Waals surface area contributed by atoms with Crippen LogP contribution in [0.1, 0.15) is 13.8 Å². The van der Waals surface area contributed by atoms with Crippen LogP contribution in [0.2, 0.25) is 0 Å². The first-order valence-corrected chi connectivity index (χ1v) is 9.10. The number of hydrazone groups is 1. The number of hydrogen-bond acceptors (Lipinski definition) is 4. The minimum Gasteiger partial charge on any atom is -0.376 e. The standard InChI is InChI=1S/C21H31N5/c1-7-26(8-2)19-15-13-18(14-16-19)25(6)22-17-24(5)21-12-10-9-11-20(21)23(3)4/h9-17H,7-8H2,1-6H3/b22-17+. The molecule has 0 radical (unpaired) electrons. The van der Waals surface area contributed by atoms with Gasteiger partial charge in [0.25, 0.3) is 0 Å². The van der Waals surface area contributed by atoms with Crippen molar-refractivity contribution in [1.82, 2.24) is 0 Å². The molecular formula is C21H31N5. The van der Waals surface area contributed by atoms with E-state index in [0.29, 0.717) is 0 Å². The van der Waals surface area contributed by atoms with Gasteiger partial charge in [0.15, 0.2) is 0 Å². The average Bonchev–Trinajstić information content (AvgIpc) is 2.67. The van der Waals surface area contributed by atoms with E-state index in [1.165, 1.54) is 5.69 Å². The summed E-state index contributed by atoms with van der Waals surface area (Å²) in [6, 6.07) is 16.8. The third-order valence-electron chi connectivity index (χ3n) is 4.49. The molecule has 0 spiro atoms. The van der Waals surface area contributed by atoms with Crippen molar-refractivity contribution in [3.63, 3.8) is 0 Å². The normalized spacial score (nSPS) is 10.8. The Morgan fingerprint density at radius 1 is 0.769 bits per heavy atom. The van der Waals surface area contributed by atoms with E-state index in [2.05, 4.69) is 65.1 Å². The van der Waals surface area contributed by atoms with E-state index in [1.54, 1.807) is 0 Å². The molecule has 2 aromatic rings. The Labute approximate surface area is 158 Å². The smallest absolute Gasteiger partial charge is 0.116 e. The van der Waals surface area contributed by atoms with Crippen molar-refractivity contribution in [3.05, 3.63) is 48.5 Å². The van der Waals surface area contributed by atoms with Gasteiger partial charge >= 0.3 is 0 Å². The van der Waals surface area contributed by atoms with E-state index in [0.717, 1.165) is 30.2 Å². The van der Waals surface area contributed by atoms with Gasteiger partial charge in [0, 0.05) is 47.0 Å². The van der Waals surface area contributed by atoms with Crippen molar-refractivity contribution in [1.29, 1.82) is 0 Å². The maximum absolute atomic E-state index is 4.59. The fourth-order valence-electron chi connectivity index (χ4n) is 2.89. The maximum atomic E-state index is 4.59. The zero-order valence-corrected chi connectivity index (χ0v) is 16.8. The zero-order chi connectivity index (χ0) is 19.1. The SMILES string of the molecule is CCN(CC)c1ccc(N(C)/N=C/N(C)c2ccccc2N(C)C)cc1. The van der Waals surface area contributed by atoms with Gasteiger partial charge in [0.05, 0.1) is 17.1 Å². The van der Waals surface area contributed by atoms with Crippen LogP contribution in [0.25, 0.3) is 0 Å². The van der Waals surface area contributed by atoms with Gasteiger partial charge in [-0.1, -0.05) is 12.1 Å². The molecule has 0 N–H and O–H groups in total. The van der Waals surface area contributed by atoms with Crippen LogP contribution in [-0.2, 0) is 0 Å². The lowest BCUT2D eigenvalue weighted by atomic mass is 10.2. The van der Waals surface area contributed by atoms with E-state index in [1.807, 2.05) is 56.6 Å². The van der Waals surface area contributed by atoms with Gasteiger partial charge in [-0.3, -0.25) is 5.01 Å². The molecule has 0 fully saturated rings. The molecule has 2 aromatic carbocycles. The summed E-state index contributed by atoms with van der Waals surface area (Å²) < 4.78 is 0. The molecular weight excluding hydrogens is 322 g/mol. The molecule has 0 saturated heterocycles. The summed E-state index contributed by atoms with van der Waals surface area (Å²) in [6.45, 7) is 6.38. The fraction of sp³-hybridized carbons (Fsp3) is 0.381. The van der Waals surface area contributed by atoms with Gasteiger partial charge in [0.2, 0.25) is 0 Å². The summed E-state index contributed by atoms with van der Waals surface area (Å²) in [4.78, 5) is 6.48. The van der Waals surface area contributed by atoms with Crippen molar-refractivity contribution in [2.45, 2.75) is 13.8 Å². The summed E-state index contributed by atoms with van der Waals surface area (Å²) in [5.74, 6) is 0. The summed E-state index contributed by atoms with van der Waals surface area (Å²) in [5, 5.41) is 6.48. The molecule has 0 aliphatic rings. The number of rotatable bonds is 8. The first-order valence-electron chi connectivity index (χ1n) is 9.10. The van der Waals surface area contributed by atoms with Crippen LogP contribution < -0.4 is 19.7 Å². The number of anilines is 4. The van der Waals surface area contributed by atoms with Crippen molar-refractivity contribution in [2.75, 3.05) is 61.0 Å². The lowest BCUT2D eigenvalue weighted by molar-refractivity contribution is 0.866. The van der Waals surface area contributed by atoms with E-state index in [4.69, 9.17) is 0 Å². The first-order chi connectivity index (χ1) is 12.5. The molecule has 0 amide bonds. The Balaban J connectivity index is 2.10. The molecule has 0 aromatic heterocycles. The molecule has 0 unspecified atom stereocenters. The van der Waals surface area contributed by atoms with Crippen LogP contribution in [0.5, 0.6) is 0 Å². The fourth-order valence-corrected chi connectivity index (χ4v) is 2.89. The van der Waals surface area contributed by atoms with Crippen molar-refractivity contribution < 1.29 is 0 Å². The molecule has 140 valence electrons. The van der Waals surface area contributed by atoms with Gasteiger partial charge in [-0.2, -0.15) is 5.10 Å². The largest absolute Gasteiger partial charge is 0.376 e. The van der Waals surface area contributed by atoms with E-state index in [9.17, 15) is 0 Å². The van der Waals surface area contributed by atoms with Crippen LogP contribution in [0.15, 0.2) is 53.6 Å². The number of para-hydroxylation sites is 2. The second-order valence-corrected chi connectivity index (χ2v) is 6.44. The molecule has 0 heterocycles. The second kappa shape index (κ2) is 9.13. The molecule has 0 atom stereocenters. The van der Waals surface area contributed by atoms with Crippen LogP contribution in [0, 0.1) is 0 Å². The van der Waals surface area contributed by atoms with E-state index in [-0.39, 0.29) is 0 Å². The Kier molecular flexibility index (Phi) is 6.89. The third kappa shape index (κ3) is 4.69. The highest BCUT2D eigenvalue weighted by atomic mass is 15.5. The molecule has 0 bridgehead atoms. The molecule has 5 nitrogen and oxygen atoms in total. The molecule has 0 aliphatic carbocycles. The Hall–Kier alpha value is -2.69. The monoisotopic (exact) mass is 353 g/mol. The predicted octanol–water partition coefficient (Wildman–Crippen LogP) is 4.11. The quantitative estimate of drug-likeness (QED) is 0.405. The topological polar surface area (TPSA) is 25.3 Å². The van der Waals surface area contributed by atoms with Gasteiger partial charge in [-0.25, -0.2) is 0 Å². The Morgan fingerprint density at radius 2 is 1.31 bits per heavy atom. The molecule has 5 heteroatoms.